The molecule has 154 valence electrons. The van der Waals surface area contributed by atoms with Crippen molar-refractivity contribution in [2.45, 2.75) is 45.7 Å². The first-order chi connectivity index (χ1) is 14.6. The molecule has 3 heterocycles. The van der Waals surface area contributed by atoms with Gasteiger partial charge in [0.05, 0.1) is 17.5 Å². The number of hydrogen-bond acceptors (Lipinski definition) is 5. The van der Waals surface area contributed by atoms with Crippen LogP contribution in [0.15, 0.2) is 41.5 Å². The molecule has 0 radical (unpaired) electrons. The molecule has 2 aromatic heterocycles. The van der Waals surface area contributed by atoms with E-state index in [1.165, 1.54) is 11.1 Å². The second-order valence-corrected chi connectivity index (χ2v) is 8.14. The highest BCUT2D eigenvalue weighted by Gasteiger charge is 2.29. The van der Waals surface area contributed by atoms with E-state index in [0.29, 0.717) is 11.4 Å². The fraction of sp³-hybridized carbons (Fsp3) is 0.375. The SMILES string of the molecule is CCOC(=O)c1cn(C2CC2)c2c(C)c(N3CCc4ccccc4C3)ncc2c1=O. The lowest BCUT2D eigenvalue weighted by atomic mass is 9.99. The van der Waals surface area contributed by atoms with Gasteiger partial charge in [-0.25, -0.2) is 9.78 Å². The standard InChI is InChI=1S/C24H25N3O3/c1-3-30-24(29)20-14-27(18-8-9-18)21-15(2)23(25-12-19(21)22(20)28)26-11-10-16-6-4-5-7-17(16)13-26/h4-7,12,14,18H,3,8-11,13H2,1-2H3. The predicted molar refractivity (Wildman–Crippen MR) is 116 cm³/mol. The first-order valence-corrected chi connectivity index (χ1v) is 10.6. The van der Waals surface area contributed by atoms with Gasteiger partial charge < -0.3 is 14.2 Å². The van der Waals surface area contributed by atoms with E-state index in [4.69, 9.17) is 9.72 Å². The van der Waals surface area contributed by atoms with Crippen molar-refractivity contribution >= 4 is 22.7 Å². The van der Waals surface area contributed by atoms with Gasteiger partial charge in [0.1, 0.15) is 11.4 Å². The van der Waals surface area contributed by atoms with Crippen LogP contribution in [0.25, 0.3) is 10.9 Å². The summed E-state index contributed by atoms with van der Waals surface area (Å²) in [6, 6.07) is 8.84. The molecule has 1 fully saturated rings. The zero-order chi connectivity index (χ0) is 20.8. The molecule has 0 atom stereocenters. The van der Waals surface area contributed by atoms with Gasteiger partial charge in [0.25, 0.3) is 0 Å². The summed E-state index contributed by atoms with van der Waals surface area (Å²) in [5, 5.41) is 0.492. The molecule has 1 aliphatic heterocycles. The molecule has 0 N–H and O–H groups in total. The Kier molecular flexibility index (Phi) is 4.57. The molecule has 1 aliphatic carbocycles. The highest BCUT2D eigenvalue weighted by atomic mass is 16.5. The van der Waals surface area contributed by atoms with E-state index in [0.717, 1.165) is 49.2 Å². The number of nitrogens with zero attached hydrogens (tertiary/aromatic N) is 3. The lowest BCUT2D eigenvalue weighted by Gasteiger charge is -2.31. The maximum Gasteiger partial charge on any atom is 0.343 e. The van der Waals surface area contributed by atoms with E-state index in [9.17, 15) is 9.59 Å². The fourth-order valence-electron chi connectivity index (χ4n) is 4.49. The van der Waals surface area contributed by atoms with Crippen molar-refractivity contribution in [3.05, 3.63) is 69.1 Å². The quantitative estimate of drug-likeness (QED) is 0.621. The third kappa shape index (κ3) is 3.07. The van der Waals surface area contributed by atoms with E-state index in [2.05, 4.69) is 33.7 Å². The number of ether oxygens (including phenoxy) is 1. The Hall–Kier alpha value is -3.15. The molecule has 0 saturated heterocycles. The van der Waals surface area contributed by atoms with Crippen LogP contribution in [0.2, 0.25) is 0 Å². The van der Waals surface area contributed by atoms with Gasteiger partial charge in [-0.15, -0.1) is 0 Å². The lowest BCUT2D eigenvalue weighted by Crippen LogP contribution is -2.32. The number of carbonyl (C=O) groups excluding carboxylic acids is 1. The highest BCUT2D eigenvalue weighted by molar-refractivity contribution is 5.95. The van der Waals surface area contributed by atoms with Crippen molar-refractivity contribution in [1.82, 2.24) is 9.55 Å². The molecule has 5 rings (SSSR count). The van der Waals surface area contributed by atoms with E-state index < -0.39 is 5.97 Å². The number of carbonyl (C=O) groups is 1. The normalized spacial score (nSPS) is 15.9. The van der Waals surface area contributed by atoms with Crippen LogP contribution in [-0.4, -0.2) is 28.7 Å². The van der Waals surface area contributed by atoms with Gasteiger partial charge in [-0.1, -0.05) is 24.3 Å². The van der Waals surface area contributed by atoms with Crippen LogP contribution in [0, 0.1) is 6.92 Å². The number of pyridine rings is 2. The minimum absolute atomic E-state index is 0.0945. The van der Waals surface area contributed by atoms with Crippen LogP contribution in [-0.2, 0) is 17.7 Å². The second-order valence-electron chi connectivity index (χ2n) is 8.14. The molecular weight excluding hydrogens is 378 g/mol. The van der Waals surface area contributed by atoms with E-state index >= 15 is 0 Å². The van der Waals surface area contributed by atoms with Gasteiger partial charge in [0.2, 0.25) is 5.43 Å². The van der Waals surface area contributed by atoms with Gasteiger partial charge >= 0.3 is 5.97 Å². The molecule has 0 spiro atoms. The Morgan fingerprint density at radius 3 is 2.73 bits per heavy atom. The van der Waals surface area contributed by atoms with Crippen LogP contribution >= 0.6 is 0 Å². The molecule has 6 nitrogen and oxygen atoms in total. The summed E-state index contributed by atoms with van der Waals surface area (Å²) in [7, 11) is 0. The van der Waals surface area contributed by atoms with Crippen LogP contribution in [0.1, 0.15) is 52.9 Å². The third-order valence-corrected chi connectivity index (χ3v) is 6.14. The number of aryl methyl sites for hydroxylation is 1. The molecular formula is C24H25N3O3. The van der Waals surface area contributed by atoms with Crippen molar-refractivity contribution in [2.24, 2.45) is 0 Å². The third-order valence-electron chi connectivity index (χ3n) is 6.14. The van der Waals surface area contributed by atoms with Gasteiger partial charge in [-0.05, 0) is 44.2 Å². The number of benzene rings is 1. The summed E-state index contributed by atoms with van der Waals surface area (Å²) in [6.07, 6.45) is 6.42. The summed E-state index contributed by atoms with van der Waals surface area (Å²) in [5.74, 6) is 0.350. The monoisotopic (exact) mass is 403 g/mol. The first-order valence-electron chi connectivity index (χ1n) is 10.6. The number of fused-ring (bicyclic) bond motifs is 2. The summed E-state index contributed by atoms with van der Waals surface area (Å²) in [4.78, 5) is 32.4. The number of rotatable bonds is 4. The first kappa shape index (κ1) is 18.9. The Bertz CT molecular complexity index is 1210. The molecule has 1 aromatic carbocycles. The van der Waals surface area contributed by atoms with E-state index in [-0.39, 0.29) is 17.6 Å². The van der Waals surface area contributed by atoms with E-state index in [1.807, 2.05) is 6.92 Å². The van der Waals surface area contributed by atoms with Gasteiger partial charge in [0.15, 0.2) is 0 Å². The summed E-state index contributed by atoms with van der Waals surface area (Å²) in [6.45, 7) is 5.72. The average Bonchev–Trinajstić information content (AvgIpc) is 3.59. The largest absolute Gasteiger partial charge is 0.462 e. The fourth-order valence-corrected chi connectivity index (χ4v) is 4.49. The maximum atomic E-state index is 13.1. The Morgan fingerprint density at radius 2 is 2.00 bits per heavy atom. The number of anilines is 1. The van der Waals surface area contributed by atoms with Gasteiger partial charge in [-0.3, -0.25) is 4.79 Å². The van der Waals surface area contributed by atoms with Crippen molar-refractivity contribution in [1.29, 1.82) is 0 Å². The van der Waals surface area contributed by atoms with Crippen molar-refractivity contribution in [2.75, 3.05) is 18.1 Å². The van der Waals surface area contributed by atoms with Crippen LogP contribution in [0.5, 0.6) is 0 Å². The Balaban J connectivity index is 1.64. The Labute approximate surface area is 175 Å². The molecule has 3 aromatic rings. The van der Waals surface area contributed by atoms with Crippen LogP contribution < -0.4 is 10.3 Å². The number of aromatic nitrogens is 2. The number of hydrogen-bond donors (Lipinski definition) is 0. The predicted octanol–water partition coefficient (Wildman–Crippen LogP) is 3.78. The van der Waals surface area contributed by atoms with Crippen molar-refractivity contribution < 1.29 is 9.53 Å². The molecule has 0 unspecified atom stereocenters. The molecule has 1 saturated carbocycles. The van der Waals surface area contributed by atoms with Crippen molar-refractivity contribution in [3.63, 3.8) is 0 Å². The van der Waals surface area contributed by atoms with Gasteiger partial charge in [-0.2, -0.15) is 0 Å². The lowest BCUT2D eigenvalue weighted by molar-refractivity contribution is 0.0524. The summed E-state index contributed by atoms with van der Waals surface area (Å²) in [5.41, 5.74) is 4.39. The number of esters is 1. The Morgan fingerprint density at radius 1 is 1.23 bits per heavy atom. The van der Waals surface area contributed by atoms with Crippen LogP contribution in [0.3, 0.4) is 0 Å². The minimum Gasteiger partial charge on any atom is -0.462 e. The smallest absolute Gasteiger partial charge is 0.343 e. The molecule has 0 bridgehead atoms. The molecule has 30 heavy (non-hydrogen) atoms. The van der Waals surface area contributed by atoms with E-state index in [1.54, 1.807) is 19.3 Å². The second kappa shape index (κ2) is 7.27. The van der Waals surface area contributed by atoms with Crippen molar-refractivity contribution in [3.8, 4) is 0 Å². The highest BCUT2D eigenvalue weighted by Crippen LogP contribution is 2.39. The zero-order valence-corrected chi connectivity index (χ0v) is 17.4. The average molecular weight is 403 g/mol. The molecule has 2 aliphatic rings. The molecule has 6 heteroatoms. The summed E-state index contributed by atoms with van der Waals surface area (Å²) >= 11 is 0. The maximum absolute atomic E-state index is 13.1. The molecule has 0 amide bonds. The van der Waals surface area contributed by atoms with Crippen LogP contribution in [0.4, 0.5) is 5.82 Å². The minimum atomic E-state index is -0.562. The zero-order valence-electron chi connectivity index (χ0n) is 17.4. The topological polar surface area (TPSA) is 64.4 Å². The van der Waals surface area contributed by atoms with Gasteiger partial charge in [0, 0.05) is 37.1 Å². The summed E-state index contributed by atoms with van der Waals surface area (Å²) < 4.78 is 7.21.